The molecular formula is C41H24N2OS2. The molecule has 3 heterocycles. The molecule has 0 spiro atoms. The topological polar surface area (TPSA) is 29.3 Å². The molecule has 10 aromatic rings. The Bertz CT molecular complexity index is 2770. The first-order valence-corrected chi connectivity index (χ1v) is 16.9. The van der Waals surface area contributed by atoms with E-state index < -0.39 is 0 Å². The molecule has 0 amide bonds. The molecule has 10 rings (SSSR count). The third-order valence-electron chi connectivity index (χ3n) is 8.89. The monoisotopic (exact) mass is 624 g/mol. The minimum atomic E-state index is 0.635. The number of nitrogens with zero attached hydrogens (tertiary/aromatic N) is 2. The number of oxazole rings is 1. The van der Waals surface area contributed by atoms with Crippen LogP contribution in [0.5, 0.6) is 0 Å². The lowest BCUT2D eigenvalue weighted by molar-refractivity contribution is 0.623. The van der Waals surface area contributed by atoms with Gasteiger partial charge in [0.25, 0.3) is 0 Å². The molecular weight excluding hydrogens is 601 g/mol. The molecule has 0 radical (unpaired) electrons. The van der Waals surface area contributed by atoms with Gasteiger partial charge in [-0.2, -0.15) is 0 Å². The van der Waals surface area contributed by atoms with Gasteiger partial charge in [0.2, 0.25) is 5.89 Å². The van der Waals surface area contributed by atoms with Crippen LogP contribution in [0, 0.1) is 0 Å². The van der Waals surface area contributed by atoms with E-state index in [9.17, 15) is 0 Å². The van der Waals surface area contributed by atoms with Gasteiger partial charge in [-0.3, -0.25) is 0 Å². The third-order valence-corrected chi connectivity index (χ3v) is 11.2. The Kier molecular flexibility index (Phi) is 5.61. The fourth-order valence-corrected chi connectivity index (χ4v) is 8.99. The van der Waals surface area contributed by atoms with Gasteiger partial charge in [0.15, 0.2) is 5.58 Å². The second-order valence-corrected chi connectivity index (χ2v) is 13.7. The van der Waals surface area contributed by atoms with E-state index in [2.05, 4.69) is 120 Å². The van der Waals surface area contributed by atoms with Gasteiger partial charge < -0.3 is 9.32 Å². The predicted octanol–water partition coefficient (Wildman–Crippen LogP) is 12.9. The molecule has 0 saturated heterocycles. The zero-order valence-electron chi connectivity index (χ0n) is 24.5. The zero-order valence-corrected chi connectivity index (χ0v) is 26.1. The standard InChI is InChI=1S/C41H24N2OS2/c1-2-9-25(10-3-1)41-42-34-21-20-28-32(40(34)44-41)13-8-14-35(28)43(26-18-22-38-33(23-26)30-12-5-7-16-37(30)45-38)27-17-19-31-29-11-4-6-15-36(29)46-39(31)24-27/h1-24H. The second-order valence-electron chi connectivity index (χ2n) is 11.6. The van der Waals surface area contributed by atoms with E-state index in [0.717, 1.165) is 44.5 Å². The van der Waals surface area contributed by atoms with Crippen molar-refractivity contribution in [1.29, 1.82) is 0 Å². The first kappa shape index (κ1) is 25.8. The summed E-state index contributed by atoms with van der Waals surface area (Å²) in [7, 11) is 0. The Labute approximate surface area is 272 Å². The lowest BCUT2D eigenvalue weighted by Gasteiger charge is -2.27. The smallest absolute Gasteiger partial charge is 0.227 e. The van der Waals surface area contributed by atoms with E-state index in [1.807, 2.05) is 53.0 Å². The minimum absolute atomic E-state index is 0.635. The first-order chi connectivity index (χ1) is 22.8. The van der Waals surface area contributed by atoms with Crippen LogP contribution in [0.1, 0.15) is 0 Å². The average Bonchev–Trinajstić information content (AvgIpc) is 3.82. The minimum Gasteiger partial charge on any atom is -0.435 e. The number of rotatable bonds is 4. The molecule has 0 aliphatic rings. The zero-order chi connectivity index (χ0) is 30.2. The van der Waals surface area contributed by atoms with E-state index in [1.165, 1.54) is 40.3 Å². The molecule has 3 nitrogen and oxygen atoms in total. The maximum Gasteiger partial charge on any atom is 0.227 e. The van der Waals surface area contributed by atoms with E-state index >= 15 is 0 Å². The molecule has 0 fully saturated rings. The highest BCUT2D eigenvalue weighted by molar-refractivity contribution is 7.26. The lowest BCUT2D eigenvalue weighted by Crippen LogP contribution is -2.10. The summed E-state index contributed by atoms with van der Waals surface area (Å²) in [6.07, 6.45) is 0. The van der Waals surface area contributed by atoms with Crippen molar-refractivity contribution in [3.8, 4) is 11.5 Å². The van der Waals surface area contributed by atoms with Crippen LogP contribution in [0.2, 0.25) is 0 Å². The highest BCUT2D eigenvalue weighted by Gasteiger charge is 2.20. The fraction of sp³-hybridized carbons (Fsp3) is 0. The Hall–Kier alpha value is -5.49. The lowest BCUT2D eigenvalue weighted by atomic mass is 10.0. The quantitative estimate of drug-likeness (QED) is 0.195. The predicted molar refractivity (Wildman–Crippen MR) is 197 cm³/mol. The van der Waals surface area contributed by atoms with Crippen molar-refractivity contribution in [3.05, 3.63) is 146 Å². The summed E-state index contributed by atoms with van der Waals surface area (Å²) in [4.78, 5) is 7.26. The van der Waals surface area contributed by atoms with Crippen LogP contribution in [0.25, 0.3) is 73.7 Å². The van der Waals surface area contributed by atoms with Gasteiger partial charge in [0.1, 0.15) is 5.52 Å². The van der Waals surface area contributed by atoms with Crippen molar-refractivity contribution >= 4 is 102 Å². The number of benzene rings is 7. The SMILES string of the molecule is c1ccc(-c2nc3ccc4c(N(c5ccc6c(c5)sc5ccccc56)c5ccc6sc7ccccc7c6c5)cccc4c3o2)cc1. The van der Waals surface area contributed by atoms with Gasteiger partial charge in [-0.1, -0.05) is 72.8 Å². The normalized spacial score (nSPS) is 11.9. The number of thiophene rings is 2. The third kappa shape index (κ3) is 3.92. The van der Waals surface area contributed by atoms with Crippen molar-refractivity contribution in [2.75, 3.05) is 4.90 Å². The van der Waals surface area contributed by atoms with Crippen LogP contribution < -0.4 is 4.90 Å². The van der Waals surface area contributed by atoms with E-state index in [4.69, 9.17) is 9.40 Å². The summed E-state index contributed by atoms with van der Waals surface area (Å²) in [5, 5.41) is 7.31. The van der Waals surface area contributed by atoms with Crippen LogP contribution in [-0.2, 0) is 0 Å². The molecule has 46 heavy (non-hydrogen) atoms. The number of fused-ring (bicyclic) bond motifs is 9. The summed E-state index contributed by atoms with van der Waals surface area (Å²) < 4.78 is 11.6. The van der Waals surface area contributed by atoms with E-state index in [0.29, 0.717) is 5.89 Å². The molecule has 0 aliphatic heterocycles. The summed E-state index contributed by atoms with van der Waals surface area (Å²) in [5.41, 5.74) is 5.96. The Morgan fingerprint density at radius 2 is 1.09 bits per heavy atom. The van der Waals surface area contributed by atoms with Gasteiger partial charge in [-0.15, -0.1) is 22.7 Å². The summed E-state index contributed by atoms with van der Waals surface area (Å²) in [6, 6.07) is 52.0. The Morgan fingerprint density at radius 3 is 1.93 bits per heavy atom. The molecule has 7 aromatic carbocycles. The molecule has 0 saturated carbocycles. The number of aromatic nitrogens is 1. The highest BCUT2D eigenvalue weighted by Crippen LogP contribution is 2.45. The number of hydrogen-bond acceptors (Lipinski definition) is 5. The largest absolute Gasteiger partial charge is 0.435 e. The van der Waals surface area contributed by atoms with Gasteiger partial charge in [0.05, 0.1) is 5.69 Å². The maximum absolute atomic E-state index is 6.47. The van der Waals surface area contributed by atoms with Gasteiger partial charge in [0, 0.05) is 68.1 Å². The van der Waals surface area contributed by atoms with Crippen molar-refractivity contribution < 1.29 is 4.42 Å². The second kappa shape index (κ2) is 10.0. The first-order valence-electron chi connectivity index (χ1n) is 15.3. The molecule has 0 aliphatic carbocycles. The van der Waals surface area contributed by atoms with Crippen LogP contribution in [-0.4, -0.2) is 4.98 Å². The molecule has 0 unspecified atom stereocenters. The van der Waals surface area contributed by atoms with Crippen LogP contribution in [0.3, 0.4) is 0 Å². The van der Waals surface area contributed by atoms with Crippen molar-refractivity contribution in [1.82, 2.24) is 4.98 Å². The van der Waals surface area contributed by atoms with Gasteiger partial charge in [-0.25, -0.2) is 4.98 Å². The molecule has 216 valence electrons. The molecule has 5 heteroatoms. The Balaban J connectivity index is 1.23. The van der Waals surface area contributed by atoms with Crippen molar-refractivity contribution in [3.63, 3.8) is 0 Å². The van der Waals surface area contributed by atoms with Gasteiger partial charge in [-0.05, 0) is 72.8 Å². The summed E-state index contributed by atoms with van der Waals surface area (Å²) in [5.74, 6) is 0.635. The highest BCUT2D eigenvalue weighted by atomic mass is 32.1. The van der Waals surface area contributed by atoms with Crippen LogP contribution in [0.4, 0.5) is 17.1 Å². The molecule has 0 atom stereocenters. The Morgan fingerprint density at radius 1 is 0.457 bits per heavy atom. The number of hydrogen-bond donors (Lipinski definition) is 0. The van der Waals surface area contributed by atoms with E-state index in [1.54, 1.807) is 0 Å². The maximum atomic E-state index is 6.47. The average molecular weight is 625 g/mol. The van der Waals surface area contributed by atoms with Crippen LogP contribution in [0.15, 0.2) is 150 Å². The number of anilines is 3. The summed E-state index contributed by atoms with van der Waals surface area (Å²) >= 11 is 3.69. The summed E-state index contributed by atoms with van der Waals surface area (Å²) in [6.45, 7) is 0. The fourth-order valence-electron chi connectivity index (χ4n) is 6.76. The van der Waals surface area contributed by atoms with Gasteiger partial charge >= 0.3 is 0 Å². The molecule has 0 N–H and O–H groups in total. The molecule has 3 aromatic heterocycles. The van der Waals surface area contributed by atoms with Crippen molar-refractivity contribution in [2.45, 2.75) is 0 Å². The van der Waals surface area contributed by atoms with E-state index in [-0.39, 0.29) is 0 Å². The van der Waals surface area contributed by atoms with Crippen molar-refractivity contribution in [2.24, 2.45) is 0 Å². The van der Waals surface area contributed by atoms with Crippen LogP contribution >= 0.6 is 22.7 Å². The molecule has 0 bridgehead atoms.